The van der Waals surface area contributed by atoms with E-state index in [-0.39, 0.29) is 5.91 Å². The first-order valence-corrected chi connectivity index (χ1v) is 8.45. The number of aliphatic hydroxyl groups excluding tert-OH is 1. The lowest BCUT2D eigenvalue weighted by Gasteiger charge is -2.33. The standard InChI is InChI=1S/C15H25N3O2S/c1-16-14(20)7-15-17-12(10-21-15)8-18(2)13-5-3-11(9-19)4-6-13/h10-11,13,19H,3-9H2,1-2H3,(H,16,20). The fourth-order valence-corrected chi connectivity index (χ4v) is 3.67. The highest BCUT2D eigenvalue weighted by atomic mass is 32.1. The van der Waals surface area contributed by atoms with Crippen LogP contribution < -0.4 is 5.32 Å². The summed E-state index contributed by atoms with van der Waals surface area (Å²) in [5.74, 6) is 0.500. The van der Waals surface area contributed by atoms with Crippen molar-refractivity contribution in [2.45, 2.75) is 44.7 Å². The maximum atomic E-state index is 11.3. The van der Waals surface area contributed by atoms with Crippen LogP contribution in [0.5, 0.6) is 0 Å². The van der Waals surface area contributed by atoms with Gasteiger partial charge in [-0.3, -0.25) is 9.69 Å². The lowest BCUT2D eigenvalue weighted by Crippen LogP contribution is -2.35. The number of carbonyl (C=O) groups excluding carboxylic acids is 1. The van der Waals surface area contributed by atoms with Crippen LogP contribution in [0.25, 0.3) is 0 Å². The maximum absolute atomic E-state index is 11.3. The number of hydrogen-bond donors (Lipinski definition) is 2. The number of aromatic nitrogens is 1. The number of likely N-dealkylation sites (N-methyl/N-ethyl adjacent to an activating group) is 1. The van der Waals surface area contributed by atoms with Gasteiger partial charge in [-0.05, 0) is 38.6 Å². The number of amides is 1. The van der Waals surface area contributed by atoms with Crippen LogP contribution in [0.1, 0.15) is 36.4 Å². The smallest absolute Gasteiger partial charge is 0.226 e. The summed E-state index contributed by atoms with van der Waals surface area (Å²) in [4.78, 5) is 18.2. The topological polar surface area (TPSA) is 65.5 Å². The Morgan fingerprint density at radius 2 is 2.19 bits per heavy atom. The van der Waals surface area contributed by atoms with Gasteiger partial charge in [0.05, 0.1) is 12.1 Å². The van der Waals surface area contributed by atoms with Gasteiger partial charge in [0.25, 0.3) is 0 Å². The van der Waals surface area contributed by atoms with Gasteiger partial charge in [-0.25, -0.2) is 4.98 Å². The molecule has 0 spiro atoms. The second-order valence-electron chi connectivity index (χ2n) is 5.85. The average Bonchev–Trinajstić information content (AvgIpc) is 2.94. The van der Waals surface area contributed by atoms with E-state index in [9.17, 15) is 9.90 Å². The van der Waals surface area contributed by atoms with Gasteiger partial charge in [0, 0.05) is 31.6 Å². The minimum Gasteiger partial charge on any atom is -0.396 e. The normalized spacial score (nSPS) is 22.5. The highest BCUT2D eigenvalue weighted by Crippen LogP contribution is 2.27. The minimum absolute atomic E-state index is 0.00609. The van der Waals surface area contributed by atoms with Crippen LogP contribution in [0, 0.1) is 5.92 Å². The van der Waals surface area contributed by atoms with Crippen LogP contribution in [0.4, 0.5) is 0 Å². The van der Waals surface area contributed by atoms with Crippen molar-refractivity contribution in [2.75, 3.05) is 20.7 Å². The summed E-state index contributed by atoms with van der Waals surface area (Å²) in [5, 5.41) is 14.7. The molecule has 0 unspecified atom stereocenters. The van der Waals surface area contributed by atoms with E-state index in [4.69, 9.17) is 0 Å². The number of nitrogens with zero attached hydrogens (tertiary/aromatic N) is 2. The number of aliphatic hydroxyl groups is 1. The van der Waals surface area contributed by atoms with Gasteiger partial charge in [0.2, 0.25) is 5.91 Å². The molecule has 1 heterocycles. The summed E-state index contributed by atoms with van der Waals surface area (Å²) in [6.45, 7) is 1.16. The Morgan fingerprint density at radius 1 is 1.48 bits per heavy atom. The van der Waals surface area contributed by atoms with Gasteiger partial charge in [0.15, 0.2) is 0 Å². The third kappa shape index (κ3) is 4.76. The first-order chi connectivity index (χ1) is 10.1. The molecule has 0 bridgehead atoms. The van der Waals surface area contributed by atoms with Crippen molar-refractivity contribution >= 4 is 17.2 Å². The first kappa shape index (κ1) is 16.4. The molecular weight excluding hydrogens is 286 g/mol. The van der Waals surface area contributed by atoms with Crippen molar-refractivity contribution in [3.63, 3.8) is 0 Å². The monoisotopic (exact) mass is 311 g/mol. The van der Waals surface area contributed by atoms with Gasteiger partial charge < -0.3 is 10.4 Å². The van der Waals surface area contributed by atoms with E-state index in [1.54, 1.807) is 18.4 Å². The van der Waals surface area contributed by atoms with Crippen molar-refractivity contribution < 1.29 is 9.90 Å². The van der Waals surface area contributed by atoms with Gasteiger partial charge in [-0.2, -0.15) is 0 Å². The molecule has 1 fully saturated rings. The number of hydrogen-bond acceptors (Lipinski definition) is 5. The number of carbonyl (C=O) groups is 1. The minimum atomic E-state index is 0.00609. The van der Waals surface area contributed by atoms with Crippen LogP contribution in [0.3, 0.4) is 0 Å². The largest absolute Gasteiger partial charge is 0.396 e. The molecule has 118 valence electrons. The molecule has 6 heteroatoms. The first-order valence-electron chi connectivity index (χ1n) is 7.57. The summed E-state index contributed by atoms with van der Waals surface area (Å²) in [5.41, 5.74) is 1.05. The average molecular weight is 311 g/mol. The lowest BCUT2D eigenvalue weighted by atomic mass is 9.86. The second kappa shape index (κ2) is 7.87. The number of nitrogens with one attached hydrogen (secondary N) is 1. The van der Waals surface area contributed by atoms with Crippen molar-refractivity contribution in [3.05, 3.63) is 16.1 Å². The van der Waals surface area contributed by atoms with Gasteiger partial charge in [-0.1, -0.05) is 0 Å². The summed E-state index contributed by atoms with van der Waals surface area (Å²) >= 11 is 1.55. The fraction of sp³-hybridized carbons (Fsp3) is 0.733. The Balaban J connectivity index is 1.82. The zero-order valence-corrected chi connectivity index (χ0v) is 13.7. The van der Waals surface area contributed by atoms with Crippen molar-refractivity contribution in [1.29, 1.82) is 0 Å². The SMILES string of the molecule is CNC(=O)Cc1nc(CN(C)C2CCC(CO)CC2)cs1. The van der Waals surface area contributed by atoms with E-state index in [0.717, 1.165) is 42.9 Å². The van der Waals surface area contributed by atoms with Crippen molar-refractivity contribution in [1.82, 2.24) is 15.2 Å². The molecule has 21 heavy (non-hydrogen) atoms. The summed E-state index contributed by atoms with van der Waals surface area (Å²) in [7, 11) is 3.79. The Labute approximate surface area is 130 Å². The molecule has 0 radical (unpaired) electrons. The highest BCUT2D eigenvalue weighted by molar-refractivity contribution is 7.09. The van der Waals surface area contributed by atoms with Crippen LogP contribution in [0.2, 0.25) is 0 Å². The van der Waals surface area contributed by atoms with Crippen LogP contribution in [-0.4, -0.2) is 47.6 Å². The van der Waals surface area contributed by atoms with Gasteiger partial charge in [0.1, 0.15) is 5.01 Å². The van der Waals surface area contributed by atoms with Crippen LogP contribution >= 0.6 is 11.3 Å². The molecule has 0 atom stereocenters. The molecule has 1 amide bonds. The molecule has 1 aromatic heterocycles. The number of thiazole rings is 1. The van der Waals surface area contributed by atoms with Crippen LogP contribution in [0.15, 0.2) is 5.38 Å². The lowest BCUT2D eigenvalue weighted by molar-refractivity contribution is -0.119. The zero-order valence-electron chi connectivity index (χ0n) is 12.8. The molecule has 0 aliphatic heterocycles. The van der Waals surface area contributed by atoms with Gasteiger partial charge in [-0.15, -0.1) is 11.3 Å². The molecule has 5 nitrogen and oxygen atoms in total. The molecular formula is C15H25N3O2S. The van der Waals surface area contributed by atoms with E-state index >= 15 is 0 Å². The molecule has 0 saturated heterocycles. The Kier molecular flexibility index (Phi) is 6.14. The summed E-state index contributed by atoms with van der Waals surface area (Å²) < 4.78 is 0. The Morgan fingerprint density at radius 3 is 2.81 bits per heavy atom. The van der Waals surface area contributed by atoms with Gasteiger partial charge >= 0.3 is 0 Å². The predicted octanol–water partition coefficient (Wildman–Crippen LogP) is 1.41. The van der Waals surface area contributed by atoms with Crippen molar-refractivity contribution in [3.8, 4) is 0 Å². The predicted molar refractivity (Wildman–Crippen MR) is 84.2 cm³/mol. The zero-order chi connectivity index (χ0) is 15.2. The second-order valence-corrected chi connectivity index (χ2v) is 6.80. The van der Waals surface area contributed by atoms with E-state index in [0.29, 0.717) is 25.0 Å². The summed E-state index contributed by atoms with van der Waals surface area (Å²) in [6.07, 6.45) is 4.90. The van der Waals surface area contributed by atoms with E-state index in [2.05, 4.69) is 22.2 Å². The third-order valence-electron chi connectivity index (χ3n) is 4.30. The van der Waals surface area contributed by atoms with Crippen molar-refractivity contribution in [2.24, 2.45) is 5.92 Å². The quantitative estimate of drug-likeness (QED) is 0.834. The van der Waals surface area contributed by atoms with Crippen LogP contribution in [-0.2, 0) is 17.8 Å². The molecule has 2 N–H and O–H groups in total. The molecule has 1 aromatic rings. The Bertz CT molecular complexity index is 456. The maximum Gasteiger partial charge on any atom is 0.226 e. The highest BCUT2D eigenvalue weighted by Gasteiger charge is 2.23. The fourth-order valence-electron chi connectivity index (χ4n) is 2.88. The Hall–Kier alpha value is -0.980. The number of rotatable bonds is 6. The van der Waals surface area contributed by atoms with E-state index < -0.39 is 0 Å². The molecule has 2 rings (SSSR count). The van der Waals surface area contributed by atoms with E-state index in [1.807, 2.05) is 5.38 Å². The van der Waals surface area contributed by atoms with E-state index in [1.165, 1.54) is 0 Å². The molecule has 1 aliphatic carbocycles. The summed E-state index contributed by atoms with van der Waals surface area (Å²) in [6, 6.07) is 0.580. The molecule has 1 saturated carbocycles. The molecule has 0 aromatic carbocycles. The molecule has 1 aliphatic rings. The third-order valence-corrected chi connectivity index (χ3v) is 5.20.